The lowest BCUT2D eigenvalue weighted by Gasteiger charge is -2.22. The van der Waals surface area contributed by atoms with E-state index < -0.39 is 0 Å². The Morgan fingerprint density at radius 1 is 1.57 bits per heavy atom. The summed E-state index contributed by atoms with van der Waals surface area (Å²) in [7, 11) is 0. The molecule has 1 fully saturated rings. The summed E-state index contributed by atoms with van der Waals surface area (Å²) in [6.45, 7) is 4.90. The van der Waals surface area contributed by atoms with Gasteiger partial charge in [0.2, 0.25) is 0 Å². The maximum Gasteiger partial charge on any atom is 0.321 e. The average molecular weight is 312 g/mol. The molecular weight excluding hydrogens is 288 g/mol. The van der Waals surface area contributed by atoms with Crippen LogP contribution < -0.4 is 10.6 Å². The summed E-state index contributed by atoms with van der Waals surface area (Å²) < 4.78 is 0. The maximum atomic E-state index is 11.6. The molecular formula is C14H24N4O2S. The SMILES string of the molecule is Cc1csc(NC(=O)NCCCCN2CCCC2CO)n1. The topological polar surface area (TPSA) is 77.5 Å². The highest BCUT2D eigenvalue weighted by atomic mass is 32.1. The summed E-state index contributed by atoms with van der Waals surface area (Å²) in [6, 6.07) is 0.146. The first-order valence-electron chi connectivity index (χ1n) is 7.51. The Balaban J connectivity index is 1.54. The zero-order valence-electron chi connectivity index (χ0n) is 12.5. The van der Waals surface area contributed by atoms with Gasteiger partial charge < -0.3 is 10.4 Å². The van der Waals surface area contributed by atoms with Crippen LogP contribution in [0.1, 0.15) is 31.4 Å². The van der Waals surface area contributed by atoms with Gasteiger partial charge in [-0.15, -0.1) is 11.3 Å². The van der Waals surface area contributed by atoms with E-state index in [0.717, 1.165) is 38.0 Å². The molecule has 1 aromatic heterocycles. The summed E-state index contributed by atoms with van der Waals surface area (Å²) in [4.78, 5) is 18.2. The molecule has 0 spiro atoms. The Bertz CT molecular complexity index is 452. The number of aliphatic hydroxyl groups is 1. The minimum absolute atomic E-state index is 0.196. The number of carbonyl (C=O) groups excluding carboxylic acids is 1. The summed E-state index contributed by atoms with van der Waals surface area (Å²) in [5.74, 6) is 0. The molecule has 0 aromatic carbocycles. The molecule has 1 unspecified atom stereocenters. The highest BCUT2D eigenvalue weighted by Crippen LogP contribution is 2.17. The van der Waals surface area contributed by atoms with Crippen LogP contribution in [-0.2, 0) is 0 Å². The van der Waals surface area contributed by atoms with Crippen molar-refractivity contribution in [3.63, 3.8) is 0 Å². The third-order valence-electron chi connectivity index (χ3n) is 3.71. The Labute approximate surface area is 129 Å². The van der Waals surface area contributed by atoms with Crippen LogP contribution in [0, 0.1) is 6.92 Å². The van der Waals surface area contributed by atoms with Gasteiger partial charge in [0.15, 0.2) is 5.13 Å². The number of nitrogens with zero attached hydrogens (tertiary/aromatic N) is 2. The van der Waals surface area contributed by atoms with Crippen LogP contribution in [0.5, 0.6) is 0 Å². The smallest absolute Gasteiger partial charge is 0.321 e. The number of aliphatic hydroxyl groups excluding tert-OH is 1. The highest BCUT2D eigenvalue weighted by Gasteiger charge is 2.22. The molecule has 6 nitrogen and oxygen atoms in total. The van der Waals surface area contributed by atoms with Gasteiger partial charge in [0.25, 0.3) is 0 Å². The molecule has 21 heavy (non-hydrogen) atoms. The Morgan fingerprint density at radius 3 is 3.14 bits per heavy atom. The Hall–Kier alpha value is -1.18. The van der Waals surface area contributed by atoms with Crippen molar-refractivity contribution in [1.29, 1.82) is 0 Å². The standard InChI is InChI=1S/C14H24N4O2S/c1-11-10-21-14(16-11)17-13(20)15-6-2-3-7-18-8-4-5-12(18)9-19/h10,12,19H,2-9H2,1H3,(H2,15,16,17,20). The van der Waals surface area contributed by atoms with E-state index in [1.165, 1.54) is 17.8 Å². The number of urea groups is 1. The molecule has 1 aromatic rings. The molecule has 0 saturated carbocycles. The first-order chi connectivity index (χ1) is 10.2. The highest BCUT2D eigenvalue weighted by molar-refractivity contribution is 7.13. The van der Waals surface area contributed by atoms with Crippen LogP contribution in [0.4, 0.5) is 9.93 Å². The number of rotatable bonds is 7. The second-order valence-corrected chi connectivity index (χ2v) is 6.25. The van der Waals surface area contributed by atoms with Gasteiger partial charge in [-0.25, -0.2) is 9.78 Å². The molecule has 2 rings (SSSR count). The third-order valence-corrected chi connectivity index (χ3v) is 4.58. The van der Waals surface area contributed by atoms with E-state index in [2.05, 4.69) is 20.5 Å². The van der Waals surface area contributed by atoms with Crippen LogP contribution in [0.2, 0.25) is 0 Å². The summed E-state index contributed by atoms with van der Waals surface area (Å²) >= 11 is 1.43. The van der Waals surface area contributed by atoms with Crippen LogP contribution in [0.25, 0.3) is 0 Å². The number of amides is 2. The van der Waals surface area contributed by atoms with Crippen molar-refractivity contribution in [1.82, 2.24) is 15.2 Å². The summed E-state index contributed by atoms with van der Waals surface area (Å²) in [5, 5.41) is 17.3. The van der Waals surface area contributed by atoms with E-state index in [1.807, 2.05) is 12.3 Å². The van der Waals surface area contributed by atoms with E-state index in [9.17, 15) is 9.90 Å². The number of thiazole rings is 1. The van der Waals surface area contributed by atoms with Gasteiger partial charge in [0.05, 0.1) is 12.3 Å². The fraction of sp³-hybridized carbons (Fsp3) is 0.714. The number of unbranched alkanes of at least 4 members (excludes halogenated alkanes) is 1. The van der Waals surface area contributed by atoms with Gasteiger partial charge in [-0.3, -0.25) is 10.2 Å². The lowest BCUT2D eigenvalue weighted by atomic mass is 10.2. The number of aromatic nitrogens is 1. The lowest BCUT2D eigenvalue weighted by molar-refractivity contribution is 0.157. The zero-order valence-corrected chi connectivity index (χ0v) is 13.3. The fourth-order valence-electron chi connectivity index (χ4n) is 2.59. The van der Waals surface area contributed by atoms with Gasteiger partial charge in [-0.05, 0) is 45.7 Å². The summed E-state index contributed by atoms with van der Waals surface area (Å²) in [5.41, 5.74) is 0.916. The largest absolute Gasteiger partial charge is 0.395 e. The predicted molar refractivity (Wildman–Crippen MR) is 84.8 cm³/mol. The third kappa shape index (κ3) is 5.26. The van der Waals surface area contributed by atoms with Crippen molar-refractivity contribution in [3.8, 4) is 0 Å². The molecule has 3 N–H and O–H groups in total. The van der Waals surface area contributed by atoms with Crippen LogP contribution in [-0.4, -0.2) is 53.3 Å². The molecule has 7 heteroatoms. The van der Waals surface area contributed by atoms with Crippen LogP contribution >= 0.6 is 11.3 Å². The predicted octanol–water partition coefficient (Wildman–Crippen LogP) is 1.81. The molecule has 2 heterocycles. The summed E-state index contributed by atoms with van der Waals surface area (Å²) in [6.07, 6.45) is 4.26. The molecule has 1 atom stereocenters. The first kappa shape index (κ1) is 16.2. The second-order valence-electron chi connectivity index (χ2n) is 5.40. The molecule has 0 bridgehead atoms. The number of aryl methyl sites for hydroxylation is 1. The van der Waals surface area contributed by atoms with E-state index in [1.54, 1.807) is 0 Å². The Kier molecular flexibility index (Phi) is 6.41. The van der Waals surface area contributed by atoms with Gasteiger partial charge >= 0.3 is 6.03 Å². The van der Waals surface area contributed by atoms with E-state index in [4.69, 9.17) is 0 Å². The monoisotopic (exact) mass is 312 g/mol. The van der Waals surface area contributed by atoms with Gasteiger partial charge in [0, 0.05) is 18.0 Å². The van der Waals surface area contributed by atoms with Crippen molar-refractivity contribution in [3.05, 3.63) is 11.1 Å². The van der Waals surface area contributed by atoms with Crippen molar-refractivity contribution in [2.75, 3.05) is 31.6 Å². The number of hydrogen-bond donors (Lipinski definition) is 3. The number of nitrogens with one attached hydrogen (secondary N) is 2. The normalized spacial score (nSPS) is 18.9. The molecule has 1 aliphatic heterocycles. The zero-order chi connectivity index (χ0) is 15.1. The van der Waals surface area contributed by atoms with Gasteiger partial charge in [-0.2, -0.15) is 0 Å². The first-order valence-corrected chi connectivity index (χ1v) is 8.39. The van der Waals surface area contributed by atoms with Crippen LogP contribution in [0.3, 0.4) is 0 Å². The quantitative estimate of drug-likeness (QED) is 0.671. The van der Waals surface area contributed by atoms with E-state index in [-0.39, 0.29) is 12.6 Å². The molecule has 0 radical (unpaired) electrons. The number of hydrogen-bond acceptors (Lipinski definition) is 5. The number of carbonyl (C=O) groups is 1. The molecule has 2 amide bonds. The van der Waals surface area contributed by atoms with Crippen molar-refractivity contribution in [2.45, 2.75) is 38.6 Å². The molecule has 1 aliphatic rings. The molecule has 1 saturated heterocycles. The Morgan fingerprint density at radius 2 is 2.43 bits per heavy atom. The molecule has 118 valence electrons. The number of anilines is 1. The van der Waals surface area contributed by atoms with Gasteiger partial charge in [0.1, 0.15) is 0 Å². The molecule has 0 aliphatic carbocycles. The van der Waals surface area contributed by atoms with Crippen LogP contribution in [0.15, 0.2) is 5.38 Å². The van der Waals surface area contributed by atoms with E-state index in [0.29, 0.717) is 17.7 Å². The van der Waals surface area contributed by atoms with Crippen molar-refractivity contribution >= 4 is 22.5 Å². The van der Waals surface area contributed by atoms with Crippen molar-refractivity contribution < 1.29 is 9.90 Å². The number of likely N-dealkylation sites (tertiary alicyclic amines) is 1. The fourth-order valence-corrected chi connectivity index (χ4v) is 3.27. The second kappa shape index (κ2) is 8.31. The maximum absolute atomic E-state index is 11.6. The lowest BCUT2D eigenvalue weighted by Crippen LogP contribution is -2.34. The minimum atomic E-state index is -0.196. The minimum Gasteiger partial charge on any atom is -0.395 e. The average Bonchev–Trinajstić information content (AvgIpc) is 3.07. The van der Waals surface area contributed by atoms with Crippen molar-refractivity contribution in [2.24, 2.45) is 0 Å². The van der Waals surface area contributed by atoms with E-state index >= 15 is 0 Å². The van der Waals surface area contributed by atoms with Gasteiger partial charge in [-0.1, -0.05) is 0 Å².